The van der Waals surface area contributed by atoms with Gasteiger partial charge in [-0.15, -0.1) is 0 Å². The van der Waals surface area contributed by atoms with Gasteiger partial charge in [-0.05, 0) is 71.7 Å². The molecule has 0 bridgehead atoms. The summed E-state index contributed by atoms with van der Waals surface area (Å²) >= 11 is 6.78. The number of halogens is 2. The third kappa shape index (κ3) is 6.44. The van der Waals surface area contributed by atoms with Crippen molar-refractivity contribution in [2.75, 3.05) is 6.61 Å². The Morgan fingerprint density at radius 1 is 1.14 bits per heavy atom. The average Bonchev–Trinajstić information content (AvgIpc) is 3.41. The second-order valence-corrected chi connectivity index (χ2v) is 10.7. The van der Waals surface area contributed by atoms with E-state index < -0.39 is 18.6 Å². The molecule has 0 saturated carbocycles. The number of nitrogens with zero attached hydrogens (tertiary/aromatic N) is 2. The normalized spacial score (nSPS) is 14.7. The zero-order chi connectivity index (χ0) is 29.6. The van der Waals surface area contributed by atoms with Gasteiger partial charge in [-0.3, -0.25) is 15.1 Å². The molecule has 5 rings (SSSR count). The molecule has 0 radical (unpaired) electrons. The number of aliphatic carboxylic acids is 1. The van der Waals surface area contributed by atoms with Crippen LogP contribution in [0.1, 0.15) is 45.7 Å². The molecule has 214 valence electrons. The molecule has 9 heteroatoms. The number of nitrogens with one attached hydrogen (secondary N) is 1. The van der Waals surface area contributed by atoms with Crippen molar-refractivity contribution in [1.82, 2.24) is 10.3 Å². The minimum atomic E-state index is -1.17. The number of benzene rings is 3. The summed E-state index contributed by atoms with van der Waals surface area (Å²) < 4.78 is 20.8. The number of ether oxygens (including phenoxy) is 1. The summed E-state index contributed by atoms with van der Waals surface area (Å²) in [6, 6.07) is 19.1. The number of carboxylic acids is 1. The quantitative estimate of drug-likeness (QED) is 0.204. The van der Waals surface area contributed by atoms with E-state index in [4.69, 9.17) is 16.3 Å². The summed E-state index contributed by atoms with van der Waals surface area (Å²) in [5, 5.41) is 31.3. The van der Waals surface area contributed by atoms with E-state index in [2.05, 4.69) is 22.4 Å². The Bertz CT molecular complexity index is 1660. The maximum atomic E-state index is 14.6. The van der Waals surface area contributed by atoms with Gasteiger partial charge in [0.15, 0.2) is 0 Å². The molecule has 42 heavy (non-hydrogen) atoms. The van der Waals surface area contributed by atoms with Gasteiger partial charge in [-0.1, -0.05) is 48.0 Å². The van der Waals surface area contributed by atoms with Gasteiger partial charge >= 0.3 is 5.97 Å². The van der Waals surface area contributed by atoms with Crippen LogP contribution in [-0.4, -0.2) is 33.8 Å². The van der Waals surface area contributed by atoms with Crippen molar-refractivity contribution in [3.8, 4) is 22.9 Å². The number of aliphatic hydroxyl groups excluding tert-OH is 1. The molecule has 3 aromatic carbocycles. The Morgan fingerprint density at radius 2 is 1.95 bits per heavy atom. The summed E-state index contributed by atoms with van der Waals surface area (Å²) in [6.45, 7) is -0.335. The van der Waals surface area contributed by atoms with Crippen molar-refractivity contribution in [3.05, 3.63) is 117 Å². The molecule has 1 aliphatic rings. The van der Waals surface area contributed by atoms with Crippen LogP contribution in [0.2, 0.25) is 5.02 Å². The van der Waals surface area contributed by atoms with E-state index in [1.165, 1.54) is 17.8 Å². The number of aromatic nitrogens is 1. The molecule has 2 unspecified atom stereocenters. The predicted octanol–water partition coefficient (Wildman–Crippen LogP) is 5.80. The van der Waals surface area contributed by atoms with Gasteiger partial charge < -0.3 is 14.9 Å². The number of fused-ring (bicyclic) bond motifs is 1. The summed E-state index contributed by atoms with van der Waals surface area (Å²) in [7, 11) is 0. The predicted molar refractivity (Wildman–Crippen MR) is 157 cm³/mol. The van der Waals surface area contributed by atoms with Gasteiger partial charge in [-0.2, -0.15) is 5.26 Å². The third-order valence-electron chi connectivity index (χ3n) is 7.59. The zero-order valence-electron chi connectivity index (χ0n) is 22.7. The van der Waals surface area contributed by atoms with E-state index in [1.807, 2.05) is 24.3 Å². The molecule has 1 aliphatic carbocycles. The number of hydrogen-bond donors (Lipinski definition) is 3. The van der Waals surface area contributed by atoms with Gasteiger partial charge in [0.05, 0.1) is 12.2 Å². The van der Waals surface area contributed by atoms with Crippen LogP contribution in [0.25, 0.3) is 11.1 Å². The maximum absolute atomic E-state index is 14.6. The molecule has 0 aliphatic heterocycles. The second kappa shape index (κ2) is 13.1. The number of nitriles is 1. The lowest BCUT2D eigenvalue weighted by atomic mass is 9.90. The fourth-order valence-corrected chi connectivity index (χ4v) is 5.73. The van der Waals surface area contributed by atoms with E-state index in [0.717, 1.165) is 29.5 Å². The minimum absolute atomic E-state index is 0.0988. The number of carboxylic acid groups (broad SMARTS) is 1. The highest BCUT2D eigenvalue weighted by Crippen LogP contribution is 2.42. The molecule has 0 fully saturated rings. The number of aliphatic hydroxyl groups is 1. The number of carbonyl (C=O) groups is 1. The number of rotatable bonds is 11. The van der Waals surface area contributed by atoms with Gasteiger partial charge in [0.25, 0.3) is 0 Å². The summed E-state index contributed by atoms with van der Waals surface area (Å²) in [5.74, 6) is -0.741. The Hall–Kier alpha value is -4.29. The maximum Gasteiger partial charge on any atom is 0.323 e. The Balaban J connectivity index is 1.43. The number of pyridine rings is 1. The van der Waals surface area contributed by atoms with E-state index in [0.29, 0.717) is 39.4 Å². The molecule has 0 spiro atoms. The van der Waals surface area contributed by atoms with Crippen LogP contribution in [0.4, 0.5) is 4.39 Å². The highest BCUT2D eigenvalue weighted by Gasteiger charge is 2.27. The molecular formula is C33H29ClFN3O4. The van der Waals surface area contributed by atoms with Crippen molar-refractivity contribution < 1.29 is 24.1 Å². The Kier molecular flexibility index (Phi) is 9.13. The Labute approximate surface area is 248 Å². The molecule has 1 heterocycles. The molecular weight excluding hydrogens is 557 g/mol. The monoisotopic (exact) mass is 585 g/mol. The first-order chi connectivity index (χ1) is 20.4. The Morgan fingerprint density at radius 3 is 2.71 bits per heavy atom. The highest BCUT2D eigenvalue weighted by molar-refractivity contribution is 6.31. The van der Waals surface area contributed by atoms with Crippen LogP contribution in [0.5, 0.6) is 5.75 Å². The summed E-state index contributed by atoms with van der Waals surface area (Å²) in [5.41, 5.74) is 6.44. The molecule has 2 atom stereocenters. The first kappa shape index (κ1) is 29.2. The standard InChI is InChI=1S/C33H29ClFN3O4/c34-29-12-24(17-38-31(18-39)33(40)41)32(42-19-21-10-20(14-36)15-37-16-21)13-23(29)11-22-8-9-27-25(22)5-3-6-26(27)28-4-1-2-7-30(28)35/h1-7,10,12-13,15-16,22,31,38-39H,8-9,11,17-19H2,(H,40,41). The van der Waals surface area contributed by atoms with Crippen molar-refractivity contribution in [3.63, 3.8) is 0 Å². The largest absolute Gasteiger partial charge is 0.489 e. The number of hydrogen-bond acceptors (Lipinski definition) is 6. The van der Waals surface area contributed by atoms with Gasteiger partial charge in [0.2, 0.25) is 0 Å². The minimum Gasteiger partial charge on any atom is -0.489 e. The molecule has 4 aromatic rings. The van der Waals surface area contributed by atoms with Crippen molar-refractivity contribution >= 4 is 17.6 Å². The van der Waals surface area contributed by atoms with E-state index >= 15 is 0 Å². The van der Waals surface area contributed by atoms with Crippen LogP contribution in [0, 0.1) is 17.1 Å². The molecule has 0 saturated heterocycles. The fourth-order valence-electron chi connectivity index (χ4n) is 5.47. The van der Waals surface area contributed by atoms with Crippen molar-refractivity contribution in [2.24, 2.45) is 0 Å². The lowest BCUT2D eigenvalue weighted by molar-refractivity contribution is -0.140. The van der Waals surface area contributed by atoms with Gasteiger partial charge in [-0.25, -0.2) is 4.39 Å². The fraction of sp³-hybridized carbons (Fsp3) is 0.242. The van der Waals surface area contributed by atoms with Crippen LogP contribution >= 0.6 is 11.6 Å². The second-order valence-electron chi connectivity index (χ2n) is 10.3. The van der Waals surface area contributed by atoms with Crippen LogP contribution in [-0.2, 0) is 30.8 Å². The lowest BCUT2D eigenvalue weighted by Gasteiger charge is -2.19. The van der Waals surface area contributed by atoms with Crippen LogP contribution in [0.15, 0.2) is 73.1 Å². The van der Waals surface area contributed by atoms with Crippen LogP contribution in [0.3, 0.4) is 0 Å². The SMILES string of the molecule is N#Cc1cncc(COc2cc(CC3CCc4c(-c5ccccc5F)cccc43)c(Cl)cc2CNC(CO)C(=O)O)c1. The van der Waals surface area contributed by atoms with E-state index in [9.17, 15) is 24.7 Å². The van der Waals surface area contributed by atoms with Crippen LogP contribution < -0.4 is 10.1 Å². The topological polar surface area (TPSA) is 115 Å². The first-order valence-corrected chi connectivity index (χ1v) is 14.0. The molecule has 7 nitrogen and oxygen atoms in total. The van der Waals surface area contributed by atoms with Gasteiger partial charge in [0.1, 0.15) is 30.3 Å². The third-order valence-corrected chi connectivity index (χ3v) is 7.94. The molecule has 0 amide bonds. The molecule has 1 aromatic heterocycles. The van der Waals surface area contributed by atoms with Crippen molar-refractivity contribution in [1.29, 1.82) is 5.26 Å². The van der Waals surface area contributed by atoms with E-state index in [-0.39, 0.29) is 24.9 Å². The lowest BCUT2D eigenvalue weighted by Crippen LogP contribution is -2.39. The molecule has 3 N–H and O–H groups in total. The first-order valence-electron chi connectivity index (χ1n) is 13.6. The average molecular weight is 586 g/mol. The summed E-state index contributed by atoms with van der Waals surface area (Å²) in [4.78, 5) is 15.5. The van der Waals surface area contributed by atoms with Gasteiger partial charge in [0, 0.05) is 40.7 Å². The van der Waals surface area contributed by atoms with Crippen molar-refractivity contribution in [2.45, 2.75) is 44.4 Å². The van der Waals surface area contributed by atoms with E-state index in [1.54, 1.807) is 30.5 Å². The highest BCUT2D eigenvalue weighted by atomic mass is 35.5. The smallest absolute Gasteiger partial charge is 0.323 e. The summed E-state index contributed by atoms with van der Waals surface area (Å²) in [6.07, 6.45) is 5.44. The zero-order valence-corrected chi connectivity index (χ0v) is 23.4.